The molecule has 11 heteroatoms. The molecule has 0 spiro atoms. The minimum absolute atomic E-state index is 0.148. The third-order valence-corrected chi connectivity index (χ3v) is 5.58. The zero-order valence-electron chi connectivity index (χ0n) is 20.4. The van der Waals surface area contributed by atoms with Crippen LogP contribution < -0.4 is 10.6 Å². The fourth-order valence-corrected chi connectivity index (χ4v) is 4.16. The Hall–Kier alpha value is -4.15. The largest absolute Gasteiger partial charge is 0.444 e. The molecule has 194 valence electrons. The van der Waals surface area contributed by atoms with E-state index < -0.39 is 35.2 Å². The molecule has 0 fully saturated rings. The van der Waals surface area contributed by atoms with Crippen LogP contribution in [0.4, 0.5) is 18.0 Å². The molecule has 3 heterocycles. The Labute approximate surface area is 210 Å². The van der Waals surface area contributed by atoms with Crippen molar-refractivity contribution in [1.82, 2.24) is 20.2 Å². The van der Waals surface area contributed by atoms with E-state index in [0.717, 1.165) is 6.07 Å². The SMILES string of the molecule is CC(C)(C)OC(=O)NCCCn1cc(C2=C(c3ccccc3C(F)(F)F)C(=O)NC2=O)c2cccnc21. The number of fused-ring (bicyclic) bond motifs is 1. The van der Waals surface area contributed by atoms with Gasteiger partial charge in [0.15, 0.2) is 0 Å². The number of hydrogen-bond donors (Lipinski definition) is 2. The number of pyridine rings is 1. The van der Waals surface area contributed by atoms with Crippen molar-refractivity contribution in [3.05, 3.63) is 65.5 Å². The first kappa shape index (κ1) is 25.9. The van der Waals surface area contributed by atoms with Crippen molar-refractivity contribution in [2.45, 2.75) is 45.5 Å². The summed E-state index contributed by atoms with van der Waals surface area (Å²) in [6.07, 6.45) is -1.66. The quantitative estimate of drug-likeness (QED) is 0.372. The number of nitrogens with zero attached hydrogens (tertiary/aromatic N) is 2. The summed E-state index contributed by atoms with van der Waals surface area (Å²) in [6.45, 7) is 5.94. The third kappa shape index (κ3) is 5.50. The molecule has 8 nitrogen and oxygen atoms in total. The Morgan fingerprint density at radius 3 is 2.38 bits per heavy atom. The van der Waals surface area contributed by atoms with Gasteiger partial charge >= 0.3 is 12.3 Å². The smallest absolute Gasteiger partial charge is 0.417 e. The van der Waals surface area contributed by atoms with Crippen LogP contribution in [0.3, 0.4) is 0 Å². The van der Waals surface area contributed by atoms with Gasteiger partial charge in [0.05, 0.1) is 16.7 Å². The minimum Gasteiger partial charge on any atom is -0.444 e. The summed E-state index contributed by atoms with van der Waals surface area (Å²) in [4.78, 5) is 41.9. The maximum Gasteiger partial charge on any atom is 0.417 e. The van der Waals surface area contributed by atoms with E-state index in [9.17, 15) is 27.6 Å². The summed E-state index contributed by atoms with van der Waals surface area (Å²) < 4.78 is 48.2. The van der Waals surface area contributed by atoms with Gasteiger partial charge in [0, 0.05) is 42.0 Å². The number of carbonyl (C=O) groups is 3. The third-order valence-electron chi connectivity index (χ3n) is 5.58. The lowest BCUT2D eigenvalue weighted by atomic mass is 9.93. The molecular weight excluding hydrogens is 489 g/mol. The van der Waals surface area contributed by atoms with Gasteiger partial charge < -0.3 is 14.6 Å². The molecule has 2 N–H and O–H groups in total. The van der Waals surface area contributed by atoms with Gasteiger partial charge in [0.1, 0.15) is 11.2 Å². The number of rotatable bonds is 6. The number of amides is 3. The molecule has 0 aliphatic carbocycles. The maximum atomic E-state index is 13.7. The minimum atomic E-state index is -4.72. The number of benzene rings is 1. The van der Waals surface area contributed by atoms with E-state index in [0.29, 0.717) is 36.1 Å². The second-order valence-corrected chi connectivity index (χ2v) is 9.47. The molecule has 2 aromatic heterocycles. The van der Waals surface area contributed by atoms with E-state index in [1.807, 2.05) is 0 Å². The molecule has 1 aliphatic rings. The van der Waals surface area contributed by atoms with Crippen LogP contribution in [0.2, 0.25) is 0 Å². The number of carbonyl (C=O) groups excluding carboxylic acids is 3. The molecule has 0 atom stereocenters. The number of alkyl carbamates (subject to hydrolysis) is 1. The highest BCUT2D eigenvalue weighted by Gasteiger charge is 2.40. The predicted octanol–water partition coefficient (Wildman–Crippen LogP) is 4.54. The van der Waals surface area contributed by atoms with Crippen molar-refractivity contribution in [1.29, 1.82) is 0 Å². The van der Waals surface area contributed by atoms with E-state index in [2.05, 4.69) is 15.6 Å². The van der Waals surface area contributed by atoms with Crippen LogP contribution >= 0.6 is 0 Å². The number of nitrogens with one attached hydrogen (secondary N) is 2. The number of aromatic nitrogens is 2. The molecule has 4 rings (SSSR count). The summed E-state index contributed by atoms with van der Waals surface area (Å²) in [5.74, 6) is -1.69. The fourth-order valence-electron chi connectivity index (χ4n) is 4.16. The van der Waals surface area contributed by atoms with Crippen molar-refractivity contribution in [3.63, 3.8) is 0 Å². The number of hydrogen-bond acceptors (Lipinski definition) is 5. The van der Waals surface area contributed by atoms with Crippen molar-refractivity contribution in [2.24, 2.45) is 0 Å². The summed E-state index contributed by atoms with van der Waals surface area (Å²) in [5.41, 5.74) is -1.73. The van der Waals surface area contributed by atoms with Gasteiger partial charge in [0.2, 0.25) is 0 Å². The van der Waals surface area contributed by atoms with Crippen LogP contribution in [0, 0.1) is 0 Å². The molecule has 3 amide bonds. The summed E-state index contributed by atoms with van der Waals surface area (Å²) in [5, 5.41) is 5.31. The van der Waals surface area contributed by atoms with Crippen molar-refractivity contribution >= 4 is 40.1 Å². The highest BCUT2D eigenvalue weighted by atomic mass is 19.4. The van der Waals surface area contributed by atoms with Gasteiger partial charge in [-0.2, -0.15) is 13.2 Å². The zero-order chi connectivity index (χ0) is 27.0. The summed E-state index contributed by atoms with van der Waals surface area (Å²) >= 11 is 0. The van der Waals surface area contributed by atoms with E-state index >= 15 is 0 Å². The molecule has 0 saturated heterocycles. The number of alkyl halides is 3. The summed E-state index contributed by atoms with van der Waals surface area (Å²) in [7, 11) is 0. The molecule has 37 heavy (non-hydrogen) atoms. The first-order valence-electron chi connectivity index (χ1n) is 11.5. The van der Waals surface area contributed by atoms with E-state index in [1.54, 1.807) is 49.9 Å². The predicted molar refractivity (Wildman–Crippen MR) is 130 cm³/mol. The van der Waals surface area contributed by atoms with Crippen LogP contribution in [0.5, 0.6) is 0 Å². The number of imide groups is 1. The standard InChI is InChI=1S/C26H25F3N4O4/c1-25(2,3)37-24(36)31-12-7-13-33-14-17(15-9-6-11-30-21(15)33)20-19(22(34)32-23(20)35)16-8-4-5-10-18(16)26(27,28)29/h4-6,8-11,14H,7,12-13H2,1-3H3,(H,31,36)(H,32,34,35). The second kappa shape index (κ2) is 9.72. The van der Waals surface area contributed by atoms with Gasteiger partial charge in [-0.25, -0.2) is 9.78 Å². The lowest BCUT2D eigenvalue weighted by molar-refractivity contribution is -0.137. The van der Waals surface area contributed by atoms with Crippen LogP contribution in [0.25, 0.3) is 22.2 Å². The Bertz CT molecular complexity index is 1420. The molecular formula is C26H25F3N4O4. The zero-order valence-corrected chi connectivity index (χ0v) is 20.4. The lowest BCUT2D eigenvalue weighted by Crippen LogP contribution is -2.33. The second-order valence-electron chi connectivity index (χ2n) is 9.47. The molecule has 0 unspecified atom stereocenters. The highest BCUT2D eigenvalue weighted by Crippen LogP contribution is 2.40. The van der Waals surface area contributed by atoms with Crippen LogP contribution in [-0.4, -0.2) is 39.6 Å². The van der Waals surface area contributed by atoms with Gasteiger partial charge in [-0.3, -0.25) is 14.9 Å². The van der Waals surface area contributed by atoms with Gasteiger partial charge in [0.25, 0.3) is 11.8 Å². The average Bonchev–Trinajstić information content (AvgIpc) is 3.31. The Kier molecular flexibility index (Phi) is 6.81. The van der Waals surface area contributed by atoms with Gasteiger partial charge in [-0.05, 0) is 45.4 Å². The van der Waals surface area contributed by atoms with Gasteiger partial charge in [-0.15, -0.1) is 0 Å². The monoisotopic (exact) mass is 514 g/mol. The van der Waals surface area contributed by atoms with E-state index in [4.69, 9.17) is 4.74 Å². The Morgan fingerprint density at radius 1 is 1.03 bits per heavy atom. The molecule has 1 aromatic carbocycles. The van der Waals surface area contributed by atoms with Crippen LogP contribution in [-0.2, 0) is 27.0 Å². The molecule has 0 bridgehead atoms. The molecule has 1 aliphatic heterocycles. The molecule has 0 saturated carbocycles. The fraction of sp³-hybridized carbons (Fsp3) is 0.308. The first-order chi connectivity index (χ1) is 17.4. The van der Waals surface area contributed by atoms with Crippen molar-refractivity contribution in [3.8, 4) is 0 Å². The number of ether oxygens (including phenoxy) is 1. The van der Waals surface area contributed by atoms with Crippen LogP contribution in [0.15, 0.2) is 48.8 Å². The van der Waals surface area contributed by atoms with E-state index in [1.165, 1.54) is 18.2 Å². The Morgan fingerprint density at radius 2 is 1.70 bits per heavy atom. The molecule has 0 radical (unpaired) electrons. The highest BCUT2D eigenvalue weighted by molar-refractivity contribution is 6.50. The first-order valence-corrected chi connectivity index (χ1v) is 11.5. The maximum absolute atomic E-state index is 13.7. The Balaban J connectivity index is 1.71. The summed E-state index contributed by atoms with van der Waals surface area (Å²) in [6, 6.07) is 7.98. The van der Waals surface area contributed by atoms with Crippen LogP contribution in [0.1, 0.15) is 43.9 Å². The van der Waals surface area contributed by atoms with E-state index in [-0.39, 0.29) is 16.7 Å². The molecule has 3 aromatic rings. The van der Waals surface area contributed by atoms with Crippen molar-refractivity contribution in [2.75, 3.05) is 6.54 Å². The lowest BCUT2D eigenvalue weighted by Gasteiger charge is -2.19. The average molecular weight is 515 g/mol. The normalized spacial score (nSPS) is 14.3. The number of halogens is 3. The van der Waals surface area contributed by atoms with Crippen molar-refractivity contribution < 1.29 is 32.3 Å². The number of aryl methyl sites for hydroxylation is 1. The van der Waals surface area contributed by atoms with Gasteiger partial charge in [-0.1, -0.05) is 18.2 Å². The topological polar surface area (TPSA) is 102 Å².